The molecule has 156 valence electrons. The molecule has 1 amide bonds. The lowest BCUT2D eigenvalue weighted by Gasteiger charge is -2.32. The smallest absolute Gasteiger partial charge is 0.243 e. The van der Waals surface area contributed by atoms with Gasteiger partial charge >= 0.3 is 0 Å². The first-order chi connectivity index (χ1) is 13.8. The third kappa shape index (κ3) is 3.59. The average molecular weight is 417 g/mol. The SMILES string of the molecule is CCC(=O)N1CCc2cc(S(=O)(=O)N3CCC(n4nc(C)cc4C)CC3)ccc21. The minimum atomic E-state index is -3.54. The number of hydrogen-bond donors (Lipinski definition) is 0. The Morgan fingerprint density at radius 1 is 1.14 bits per heavy atom. The zero-order valence-electron chi connectivity index (χ0n) is 17.3. The zero-order valence-corrected chi connectivity index (χ0v) is 18.1. The van der Waals surface area contributed by atoms with Gasteiger partial charge in [-0.2, -0.15) is 9.40 Å². The van der Waals surface area contributed by atoms with Crippen molar-refractivity contribution in [3.63, 3.8) is 0 Å². The molecule has 0 atom stereocenters. The van der Waals surface area contributed by atoms with Crippen LogP contribution in [0.25, 0.3) is 0 Å². The Balaban J connectivity index is 1.50. The predicted molar refractivity (Wildman–Crippen MR) is 112 cm³/mol. The second-order valence-corrected chi connectivity index (χ2v) is 9.88. The van der Waals surface area contributed by atoms with Crippen molar-refractivity contribution < 1.29 is 13.2 Å². The molecule has 8 heteroatoms. The third-order valence-electron chi connectivity index (χ3n) is 6.00. The number of sulfonamides is 1. The van der Waals surface area contributed by atoms with Gasteiger partial charge in [0.15, 0.2) is 0 Å². The number of aryl methyl sites for hydroxylation is 2. The topological polar surface area (TPSA) is 75.5 Å². The molecule has 0 radical (unpaired) electrons. The second kappa shape index (κ2) is 7.57. The van der Waals surface area contributed by atoms with E-state index < -0.39 is 10.0 Å². The molecule has 0 bridgehead atoms. The van der Waals surface area contributed by atoms with Gasteiger partial charge in [0.1, 0.15) is 0 Å². The minimum Gasteiger partial charge on any atom is -0.312 e. The van der Waals surface area contributed by atoms with Crippen molar-refractivity contribution in [2.24, 2.45) is 0 Å². The van der Waals surface area contributed by atoms with Crippen molar-refractivity contribution in [2.45, 2.75) is 57.4 Å². The normalized spacial score (nSPS) is 18.2. The van der Waals surface area contributed by atoms with Gasteiger partial charge < -0.3 is 4.90 Å². The number of fused-ring (bicyclic) bond motifs is 1. The number of rotatable bonds is 4. The van der Waals surface area contributed by atoms with Gasteiger partial charge in [0.2, 0.25) is 15.9 Å². The summed E-state index contributed by atoms with van der Waals surface area (Å²) in [6, 6.07) is 7.47. The minimum absolute atomic E-state index is 0.0746. The maximum atomic E-state index is 13.2. The Labute approximate surface area is 172 Å². The van der Waals surface area contributed by atoms with Gasteiger partial charge in [-0.1, -0.05) is 6.92 Å². The largest absolute Gasteiger partial charge is 0.312 e. The van der Waals surface area contributed by atoms with Crippen LogP contribution in [0.2, 0.25) is 0 Å². The van der Waals surface area contributed by atoms with Crippen LogP contribution >= 0.6 is 0 Å². The first-order valence-electron chi connectivity index (χ1n) is 10.3. The highest BCUT2D eigenvalue weighted by atomic mass is 32.2. The molecule has 1 aromatic carbocycles. The van der Waals surface area contributed by atoms with Crippen LogP contribution in [-0.4, -0.2) is 48.0 Å². The maximum Gasteiger partial charge on any atom is 0.243 e. The van der Waals surface area contributed by atoms with E-state index in [1.165, 1.54) is 0 Å². The highest BCUT2D eigenvalue weighted by molar-refractivity contribution is 7.89. The summed E-state index contributed by atoms with van der Waals surface area (Å²) in [5.41, 5.74) is 3.89. The molecule has 0 spiro atoms. The molecule has 0 saturated carbocycles. The molecule has 3 heterocycles. The lowest BCUT2D eigenvalue weighted by Crippen LogP contribution is -2.39. The molecule has 29 heavy (non-hydrogen) atoms. The van der Waals surface area contributed by atoms with E-state index in [2.05, 4.69) is 11.2 Å². The van der Waals surface area contributed by atoms with Gasteiger partial charge in [0.25, 0.3) is 0 Å². The van der Waals surface area contributed by atoms with Crippen LogP contribution in [0.15, 0.2) is 29.2 Å². The summed E-state index contributed by atoms with van der Waals surface area (Å²) in [7, 11) is -3.54. The third-order valence-corrected chi connectivity index (χ3v) is 7.90. The summed E-state index contributed by atoms with van der Waals surface area (Å²) in [5.74, 6) is 0.0746. The molecular weight excluding hydrogens is 388 g/mol. The Bertz CT molecular complexity index is 1040. The summed E-state index contributed by atoms with van der Waals surface area (Å²) in [4.78, 5) is 14.2. The molecule has 2 aliphatic heterocycles. The Morgan fingerprint density at radius 3 is 2.48 bits per heavy atom. The molecule has 1 aromatic heterocycles. The predicted octanol–water partition coefficient (Wildman–Crippen LogP) is 2.82. The van der Waals surface area contributed by atoms with E-state index in [1.54, 1.807) is 27.4 Å². The number of benzene rings is 1. The van der Waals surface area contributed by atoms with Crippen molar-refractivity contribution in [2.75, 3.05) is 24.5 Å². The Hall–Kier alpha value is -2.19. The molecule has 2 aromatic rings. The monoisotopic (exact) mass is 416 g/mol. The van der Waals surface area contributed by atoms with Crippen LogP contribution in [0.4, 0.5) is 5.69 Å². The fourth-order valence-corrected chi connectivity index (χ4v) is 6.00. The summed E-state index contributed by atoms with van der Waals surface area (Å²) >= 11 is 0. The fraction of sp³-hybridized carbons (Fsp3) is 0.524. The highest BCUT2D eigenvalue weighted by Crippen LogP contribution is 2.33. The van der Waals surface area contributed by atoms with Gasteiger partial charge in [-0.05, 0) is 62.9 Å². The molecular formula is C21H28N4O3S. The molecule has 0 aliphatic carbocycles. The van der Waals surface area contributed by atoms with Gasteiger partial charge in [-0.15, -0.1) is 0 Å². The quantitative estimate of drug-likeness (QED) is 0.768. The molecule has 1 fully saturated rings. The van der Waals surface area contributed by atoms with E-state index in [9.17, 15) is 13.2 Å². The van der Waals surface area contributed by atoms with Gasteiger partial charge in [0.05, 0.1) is 16.6 Å². The van der Waals surface area contributed by atoms with Crippen LogP contribution < -0.4 is 4.90 Å². The van der Waals surface area contributed by atoms with Crippen LogP contribution in [0, 0.1) is 13.8 Å². The van der Waals surface area contributed by atoms with E-state index in [0.717, 1.165) is 35.5 Å². The summed E-state index contributed by atoms with van der Waals surface area (Å²) < 4.78 is 30.0. The van der Waals surface area contributed by atoms with Crippen LogP contribution in [-0.2, 0) is 21.2 Å². The van der Waals surface area contributed by atoms with E-state index in [1.807, 2.05) is 25.5 Å². The summed E-state index contributed by atoms with van der Waals surface area (Å²) in [6.45, 7) is 7.46. The molecule has 4 rings (SSSR count). The number of carbonyl (C=O) groups excluding carboxylic acids is 1. The van der Waals surface area contributed by atoms with Gasteiger partial charge in [0, 0.05) is 37.4 Å². The molecule has 2 aliphatic rings. The van der Waals surface area contributed by atoms with Gasteiger partial charge in [-0.3, -0.25) is 9.48 Å². The van der Waals surface area contributed by atoms with E-state index in [0.29, 0.717) is 37.4 Å². The lowest BCUT2D eigenvalue weighted by molar-refractivity contribution is -0.118. The second-order valence-electron chi connectivity index (χ2n) is 7.95. The van der Waals surface area contributed by atoms with Crippen molar-refractivity contribution in [1.82, 2.24) is 14.1 Å². The Morgan fingerprint density at radius 2 is 1.86 bits per heavy atom. The maximum absolute atomic E-state index is 13.2. The van der Waals surface area contributed by atoms with Crippen LogP contribution in [0.3, 0.4) is 0 Å². The number of carbonyl (C=O) groups is 1. The van der Waals surface area contributed by atoms with E-state index >= 15 is 0 Å². The fourth-order valence-electron chi connectivity index (χ4n) is 4.48. The molecule has 1 saturated heterocycles. The van der Waals surface area contributed by atoms with Gasteiger partial charge in [-0.25, -0.2) is 8.42 Å². The summed E-state index contributed by atoms with van der Waals surface area (Å²) in [5, 5.41) is 4.56. The molecule has 0 unspecified atom stereocenters. The number of piperidine rings is 1. The van der Waals surface area contributed by atoms with Crippen LogP contribution in [0.5, 0.6) is 0 Å². The average Bonchev–Trinajstić information content (AvgIpc) is 3.29. The first-order valence-corrected chi connectivity index (χ1v) is 11.7. The Kier molecular flexibility index (Phi) is 5.25. The number of anilines is 1. The van der Waals surface area contributed by atoms with E-state index in [4.69, 9.17) is 0 Å². The summed E-state index contributed by atoms with van der Waals surface area (Å²) in [6.07, 6.45) is 2.66. The van der Waals surface area contributed by atoms with Crippen molar-refractivity contribution >= 4 is 21.6 Å². The molecule has 0 N–H and O–H groups in total. The van der Waals surface area contributed by atoms with Crippen molar-refractivity contribution in [1.29, 1.82) is 0 Å². The highest BCUT2D eigenvalue weighted by Gasteiger charge is 2.32. The number of amides is 1. The number of nitrogens with zero attached hydrogens (tertiary/aromatic N) is 4. The first kappa shape index (κ1) is 20.1. The molecule has 7 nitrogen and oxygen atoms in total. The van der Waals surface area contributed by atoms with E-state index in [-0.39, 0.29) is 11.9 Å². The van der Waals surface area contributed by atoms with Crippen molar-refractivity contribution in [3.05, 3.63) is 41.2 Å². The van der Waals surface area contributed by atoms with Crippen molar-refractivity contribution in [3.8, 4) is 0 Å². The standard InChI is InChI=1S/C21H28N4O3S/c1-4-21(26)24-12-7-17-14-19(5-6-20(17)24)29(27,28)23-10-8-18(9-11-23)25-16(3)13-15(2)22-25/h5-6,13-14,18H,4,7-12H2,1-3H3. The lowest BCUT2D eigenvalue weighted by atomic mass is 10.1. The zero-order chi connectivity index (χ0) is 20.8. The number of hydrogen-bond acceptors (Lipinski definition) is 4. The van der Waals surface area contributed by atoms with Crippen LogP contribution in [0.1, 0.15) is 49.2 Å². The number of aromatic nitrogens is 2.